The van der Waals surface area contributed by atoms with Gasteiger partial charge in [-0.1, -0.05) is 13.8 Å². The van der Waals surface area contributed by atoms with Crippen LogP contribution in [0.1, 0.15) is 52.9 Å². The SMILES string of the molecule is CCCNC1(C(=O)OCC)CCCC(SC(C)CO)C1. The molecule has 5 heteroatoms. The van der Waals surface area contributed by atoms with Crippen molar-refractivity contribution in [2.45, 2.75) is 68.9 Å². The molecule has 3 unspecified atom stereocenters. The van der Waals surface area contributed by atoms with Crippen molar-refractivity contribution in [2.75, 3.05) is 19.8 Å². The van der Waals surface area contributed by atoms with E-state index in [0.717, 1.165) is 38.6 Å². The molecule has 1 fully saturated rings. The first-order valence-corrected chi connectivity index (χ1v) is 8.70. The lowest BCUT2D eigenvalue weighted by molar-refractivity contribution is -0.152. The molecule has 1 aliphatic rings. The summed E-state index contributed by atoms with van der Waals surface area (Å²) in [6.07, 6.45) is 4.82. The van der Waals surface area contributed by atoms with Gasteiger partial charge in [-0.25, -0.2) is 0 Å². The van der Waals surface area contributed by atoms with Crippen LogP contribution in [0.3, 0.4) is 0 Å². The Bertz CT molecular complexity index is 301. The van der Waals surface area contributed by atoms with E-state index < -0.39 is 5.54 Å². The van der Waals surface area contributed by atoms with Gasteiger partial charge in [0.1, 0.15) is 5.54 Å². The van der Waals surface area contributed by atoms with Gasteiger partial charge in [-0.15, -0.1) is 0 Å². The van der Waals surface area contributed by atoms with Crippen molar-refractivity contribution in [3.05, 3.63) is 0 Å². The number of hydrogen-bond donors (Lipinski definition) is 2. The second-order valence-corrected chi connectivity index (χ2v) is 7.32. The molecular weight excluding hydrogens is 274 g/mol. The van der Waals surface area contributed by atoms with E-state index in [-0.39, 0.29) is 17.8 Å². The first-order valence-electron chi connectivity index (χ1n) is 7.76. The van der Waals surface area contributed by atoms with Crippen molar-refractivity contribution in [3.63, 3.8) is 0 Å². The number of ether oxygens (including phenoxy) is 1. The minimum absolute atomic E-state index is 0.101. The Labute approximate surface area is 127 Å². The van der Waals surface area contributed by atoms with Gasteiger partial charge in [0.15, 0.2) is 0 Å². The Morgan fingerprint density at radius 2 is 2.30 bits per heavy atom. The maximum atomic E-state index is 12.4. The molecule has 3 atom stereocenters. The summed E-state index contributed by atoms with van der Waals surface area (Å²) in [5.41, 5.74) is -0.517. The lowest BCUT2D eigenvalue weighted by atomic mass is 9.81. The average molecular weight is 303 g/mol. The molecule has 0 aromatic heterocycles. The van der Waals surface area contributed by atoms with E-state index in [2.05, 4.69) is 12.2 Å². The normalized spacial score (nSPS) is 28.1. The third-order valence-electron chi connectivity index (χ3n) is 3.77. The van der Waals surface area contributed by atoms with Gasteiger partial charge in [-0.2, -0.15) is 11.8 Å². The maximum Gasteiger partial charge on any atom is 0.326 e. The van der Waals surface area contributed by atoms with Crippen molar-refractivity contribution >= 4 is 17.7 Å². The lowest BCUT2D eigenvalue weighted by Gasteiger charge is -2.40. The standard InChI is InChI=1S/C15H29NO3S/c1-4-9-16-15(14(18)19-5-2)8-6-7-13(10-15)20-12(3)11-17/h12-13,16-17H,4-11H2,1-3H3. The molecule has 0 bridgehead atoms. The van der Waals surface area contributed by atoms with E-state index in [1.165, 1.54) is 0 Å². The fraction of sp³-hybridized carbons (Fsp3) is 0.933. The van der Waals surface area contributed by atoms with E-state index in [1.807, 2.05) is 13.8 Å². The molecule has 118 valence electrons. The number of thioether (sulfide) groups is 1. The molecule has 20 heavy (non-hydrogen) atoms. The topological polar surface area (TPSA) is 58.6 Å². The van der Waals surface area contributed by atoms with Gasteiger partial charge in [0, 0.05) is 10.5 Å². The Balaban J connectivity index is 2.73. The molecule has 0 spiro atoms. The quantitative estimate of drug-likeness (QED) is 0.674. The molecule has 0 aliphatic heterocycles. The highest BCUT2D eigenvalue weighted by molar-refractivity contribution is 8.00. The molecule has 0 aromatic rings. The molecule has 4 nitrogen and oxygen atoms in total. The zero-order chi connectivity index (χ0) is 15.0. The minimum Gasteiger partial charge on any atom is -0.465 e. The number of nitrogens with one attached hydrogen (secondary N) is 1. The first-order chi connectivity index (χ1) is 9.57. The number of carbonyl (C=O) groups excluding carboxylic acids is 1. The van der Waals surface area contributed by atoms with E-state index >= 15 is 0 Å². The highest BCUT2D eigenvalue weighted by Crippen LogP contribution is 2.37. The summed E-state index contributed by atoms with van der Waals surface area (Å²) in [5, 5.41) is 13.3. The predicted octanol–water partition coefficient (Wildman–Crippen LogP) is 2.34. The van der Waals surface area contributed by atoms with Crippen molar-refractivity contribution in [2.24, 2.45) is 0 Å². The number of hydrogen-bond acceptors (Lipinski definition) is 5. The molecular formula is C15H29NO3S. The molecule has 1 aliphatic carbocycles. The van der Waals surface area contributed by atoms with Crippen LogP contribution in [0.5, 0.6) is 0 Å². The second-order valence-electron chi connectivity index (χ2n) is 5.58. The van der Waals surface area contributed by atoms with Crippen LogP contribution in [-0.4, -0.2) is 46.9 Å². The summed E-state index contributed by atoms with van der Waals surface area (Å²) in [5.74, 6) is -0.101. The predicted molar refractivity (Wildman–Crippen MR) is 84.1 cm³/mol. The van der Waals surface area contributed by atoms with Crippen LogP contribution in [0.2, 0.25) is 0 Å². The fourth-order valence-electron chi connectivity index (χ4n) is 2.76. The third-order valence-corrected chi connectivity index (χ3v) is 5.17. The number of carbonyl (C=O) groups is 1. The summed E-state index contributed by atoms with van der Waals surface area (Å²) >= 11 is 1.79. The highest BCUT2D eigenvalue weighted by Gasteiger charge is 2.43. The van der Waals surface area contributed by atoms with Crippen molar-refractivity contribution in [3.8, 4) is 0 Å². The van der Waals surface area contributed by atoms with E-state index in [1.54, 1.807) is 11.8 Å². The highest BCUT2D eigenvalue weighted by atomic mass is 32.2. The third kappa shape index (κ3) is 4.93. The summed E-state index contributed by atoms with van der Waals surface area (Å²) < 4.78 is 5.30. The van der Waals surface area contributed by atoms with Gasteiger partial charge in [0.05, 0.1) is 13.2 Å². The maximum absolute atomic E-state index is 12.4. The average Bonchev–Trinajstić information content (AvgIpc) is 2.45. The first kappa shape index (κ1) is 17.8. The second kappa shape index (κ2) is 8.90. The van der Waals surface area contributed by atoms with Crippen LogP contribution in [0.25, 0.3) is 0 Å². The Kier molecular flexibility index (Phi) is 7.92. The minimum atomic E-state index is -0.517. The molecule has 0 heterocycles. The summed E-state index contributed by atoms with van der Waals surface area (Å²) in [4.78, 5) is 12.4. The van der Waals surface area contributed by atoms with E-state index in [9.17, 15) is 9.90 Å². The van der Waals surface area contributed by atoms with E-state index in [4.69, 9.17) is 4.74 Å². The van der Waals surface area contributed by atoms with Crippen LogP contribution in [0, 0.1) is 0 Å². The Morgan fingerprint density at radius 3 is 2.90 bits per heavy atom. The van der Waals surface area contributed by atoms with Gasteiger partial charge in [-0.05, 0) is 45.6 Å². The van der Waals surface area contributed by atoms with Gasteiger partial charge in [0.2, 0.25) is 0 Å². The fourth-order valence-corrected chi connectivity index (χ4v) is 4.19. The van der Waals surface area contributed by atoms with Crippen molar-refractivity contribution in [1.29, 1.82) is 0 Å². The monoisotopic (exact) mass is 303 g/mol. The van der Waals surface area contributed by atoms with Crippen LogP contribution in [0.4, 0.5) is 0 Å². The van der Waals surface area contributed by atoms with Crippen molar-refractivity contribution < 1.29 is 14.6 Å². The molecule has 2 N–H and O–H groups in total. The molecule has 0 radical (unpaired) electrons. The molecule has 1 rings (SSSR count). The van der Waals surface area contributed by atoms with Gasteiger partial charge < -0.3 is 15.2 Å². The largest absolute Gasteiger partial charge is 0.465 e. The lowest BCUT2D eigenvalue weighted by Crippen LogP contribution is -2.56. The molecule has 0 saturated heterocycles. The summed E-state index contributed by atoms with van der Waals surface area (Å²) in [7, 11) is 0. The van der Waals surface area contributed by atoms with Crippen LogP contribution in [-0.2, 0) is 9.53 Å². The van der Waals surface area contributed by atoms with Gasteiger partial charge in [0.25, 0.3) is 0 Å². The number of aliphatic hydroxyl groups is 1. The number of esters is 1. The molecule has 1 saturated carbocycles. The summed E-state index contributed by atoms with van der Waals surface area (Å²) in [6, 6.07) is 0. The zero-order valence-corrected chi connectivity index (χ0v) is 13.8. The number of rotatable bonds is 8. The van der Waals surface area contributed by atoms with E-state index in [0.29, 0.717) is 11.9 Å². The summed E-state index contributed by atoms with van der Waals surface area (Å²) in [6.45, 7) is 7.45. The Hall–Kier alpha value is -0.260. The number of aliphatic hydroxyl groups excluding tert-OH is 1. The smallest absolute Gasteiger partial charge is 0.326 e. The van der Waals surface area contributed by atoms with Crippen LogP contribution >= 0.6 is 11.8 Å². The van der Waals surface area contributed by atoms with Crippen molar-refractivity contribution in [1.82, 2.24) is 5.32 Å². The zero-order valence-electron chi connectivity index (χ0n) is 13.0. The van der Waals surface area contributed by atoms with Gasteiger partial charge >= 0.3 is 5.97 Å². The molecule has 0 aromatic carbocycles. The van der Waals surface area contributed by atoms with Crippen LogP contribution < -0.4 is 5.32 Å². The van der Waals surface area contributed by atoms with Crippen LogP contribution in [0.15, 0.2) is 0 Å². The Morgan fingerprint density at radius 1 is 1.55 bits per heavy atom. The van der Waals surface area contributed by atoms with Gasteiger partial charge in [-0.3, -0.25) is 4.79 Å². The molecule has 0 amide bonds.